The number of esters is 1. The summed E-state index contributed by atoms with van der Waals surface area (Å²) in [7, 11) is 1.28. The van der Waals surface area contributed by atoms with E-state index in [0.29, 0.717) is 13.1 Å². The summed E-state index contributed by atoms with van der Waals surface area (Å²) < 4.78 is 32.3. The normalized spacial score (nSPS) is 19.5. The highest BCUT2D eigenvalue weighted by atomic mass is 19.1. The van der Waals surface area contributed by atoms with E-state index in [1.807, 2.05) is 11.0 Å². The summed E-state index contributed by atoms with van der Waals surface area (Å²) in [5.74, 6) is -2.84. The fourth-order valence-electron chi connectivity index (χ4n) is 3.16. The fourth-order valence-corrected chi connectivity index (χ4v) is 3.16. The van der Waals surface area contributed by atoms with Gasteiger partial charge in [-0.25, -0.2) is 13.8 Å². The largest absolute Gasteiger partial charge is 0.469 e. The first kappa shape index (κ1) is 16.8. The van der Waals surface area contributed by atoms with E-state index < -0.39 is 29.4 Å². The molecule has 2 heterocycles. The van der Waals surface area contributed by atoms with E-state index in [1.165, 1.54) is 25.4 Å². The Kier molecular flexibility index (Phi) is 4.61. The third-order valence-corrected chi connectivity index (χ3v) is 4.41. The molecule has 0 spiro atoms. The Balaban J connectivity index is 1.93. The van der Waals surface area contributed by atoms with E-state index in [2.05, 4.69) is 4.98 Å². The molecule has 2 aromatic rings. The molecule has 0 N–H and O–H groups in total. The van der Waals surface area contributed by atoms with Crippen molar-refractivity contribution in [3.8, 4) is 6.07 Å². The quantitative estimate of drug-likeness (QED) is 0.802. The molecule has 0 amide bonds. The van der Waals surface area contributed by atoms with Crippen LogP contribution < -0.4 is 4.90 Å². The minimum atomic E-state index is -0.682. The average molecular weight is 343 g/mol. The molecule has 0 saturated carbocycles. The molecule has 5 nitrogen and oxygen atoms in total. The van der Waals surface area contributed by atoms with E-state index in [0.717, 1.165) is 11.8 Å². The van der Waals surface area contributed by atoms with E-state index in [-0.39, 0.29) is 11.3 Å². The molecule has 1 saturated heterocycles. The van der Waals surface area contributed by atoms with Gasteiger partial charge in [-0.2, -0.15) is 5.26 Å². The third kappa shape index (κ3) is 3.29. The van der Waals surface area contributed by atoms with Gasteiger partial charge in [0.2, 0.25) is 0 Å². The number of carbonyl (C=O) groups is 1. The minimum absolute atomic E-state index is 0.279. The number of nitriles is 1. The van der Waals surface area contributed by atoms with Crippen LogP contribution in [0.5, 0.6) is 0 Å². The lowest BCUT2D eigenvalue weighted by molar-refractivity contribution is -0.145. The first-order chi connectivity index (χ1) is 12.0. The number of hydrogen-bond donors (Lipinski definition) is 0. The van der Waals surface area contributed by atoms with Gasteiger partial charge >= 0.3 is 5.97 Å². The van der Waals surface area contributed by atoms with Crippen molar-refractivity contribution in [2.45, 2.75) is 5.92 Å². The molecule has 1 aliphatic heterocycles. The van der Waals surface area contributed by atoms with Crippen molar-refractivity contribution in [2.75, 3.05) is 25.1 Å². The molecular formula is C18H15F2N3O2. The summed E-state index contributed by atoms with van der Waals surface area (Å²) in [5, 5.41) is 8.82. The molecule has 0 bridgehead atoms. The van der Waals surface area contributed by atoms with Crippen molar-refractivity contribution >= 4 is 11.7 Å². The summed E-state index contributed by atoms with van der Waals surface area (Å²) in [6.45, 7) is 0.678. The van der Waals surface area contributed by atoms with Gasteiger partial charge in [-0.15, -0.1) is 0 Å². The summed E-state index contributed by atoms with van der Waals surface area (Å²) >= 11 is 0. The Labute approximate surface area is 143 Å². The molecule has 1 aromatic heterocycles. The standard InChI is InChI=1S/C18H15F2N3O2/c1-25-18(24)16-10-23(13-4-3-12(7-21)22-8-13)9-15(16)14-5-2-11(19)6-17(14)20/h2-6,8,15-16H,9-10H2,1H3/t15-,16+/m1/s1. The van der Waals surface area contributed by atoms with Gasteiger partial charge in [0, 0.05) is 25.1 Å². The first-order valence-corrected chi connectivity index (χ1v) is 7.67. The fraction of sp³-hybridized carbons (Fsp3) is 0.278. The zero-order chi connectivity index (χ0) is 18.0. The Hall–Kier alpha value is -3.01. The minimum Gasteiger partial charge on any atom is -0.469 e. The van der Waals surface area contributed by atoms with Gasteiger partial charge in [0.05, 0.1) is 24.9 Å². The maximum Gasteiger partial charge on any atom is 0.311 e. The number of pyridine rings is 1. The van der Waals surface area contributed by atoms with Crippen molar-refractivity contribution in [3.05, 3.63) is 59.4 Å². The zero-order valence-electron chi connectivity index (χ0n) is 13.4. The lowest BCUT2D eigenvalue weighted by atomic mass is 9.88. The number of anilines is 1. The van der Waals surface area contributed by atoms with Gasteiger partial charge < -0.3 is 9.64 Å². The second kappa shape index (κ2) is 6.85. The second-order valence-corrected chi connectivity index (χ2v) is 5.82. The topological polar surface area (TPSA) is 66.2 Å². The molecule has 2 atom stereocenters. The lowest BCUT2D eigenvalue weighted by Gasteiger charge is -2.18. The number of halogens is 2. The van der Waals surface area contributed by atoms with Crippen LogP contribution in [-0.2, 0) is 9.53 Å². The van der Waals surface area contributed by atoms with Crippen LogP contribution in [0.25, 0.3) is 0 Å². The molecule has 128 valence electrons. The van der Waals surface area contributed by atoms with Crippen molar-refractivity contribution in [1.82, 2.24) is 4.98 Å². The maximum absolute atomic E-state index is 14.2. The van der Waals surface area contributed by atoms with Gasteiger partial charge in [0.15, 0.2) is 0 Å². The van der Waals surface area contributed by atoms with E-state index in [9.17, 15) is 13.6 Å². The first-order valence-electron chi connectivity index (χ1n) is 7.67. The number of benzene rings is 1. The highest BCUT2D eigenvalue weighted by Crippen LogP contribution is 2.37. The van der Waals surface area contributed by atoms with Gasteiger partial charge in [-0.1, -0.05) is 6.07 Å². The Morgan fingerprint density at radius 3 is 2.72 bits per heavy atom. The zero-order valence-corrected chi connectivity index (χ0v) is 13.4. The van der Waals surface area contributed by atoms with Crippen LogP contribution in [0, 0.1) is 28.9 Å². The molecule has 0 aliphatic carbocycles. The molecular weight excluding hydrogens is 328 g/mol. The maximum atomic E-state index is 14.2. The van der Waals surface area contributed by atoms with Gasteiger partial charge in [0.1, 0.15) is 23.4 Å². The highest BCUT2D eigenvalue weighted by Gasteiger charge is 2.40. The predicted molar refractivity (Wildman–Crippen MR) is 85.8 cm³/mol. The van der Waals surface area contributed by atoms with Crippen molar-refractivity contribution in [3.63, 3.8) is 0 Å². The van der Waals surface area contributed by atoms with Crippen LogP contribution in [0.1, 0.15) is 17.2 Å². The molecule has 7 heteroatoms. The van der Waals surface area contributed by atoms with Gasteiger partial charge in [0.25, 0.3) is 0 Å². The lowest BCUT2D eigenvalue weighted by Crippen LogP contribution is -2.24. The summed E-state index contributed by atoms with van der Waals surface area (Å²) in [4.78, 5) is 18.0. The Morgan fingerprint density at radius 1 is 1.32 bits per heavy atom. The van der Waals surface area contributed by atoms with Crippen molar-refractivity contribution < 1.29 is 18.3 Å². The monoisotopic (exact) mass is 343 g/mol. The molecule has 0 radical (unpaired) electrons. The van der Waals surface area contributed by atoms with Gasteiger partial charge in [-0.3, -0.25) is 4.79 Å². The van der Waals surface area contributed by atoms with Crippen LogP contribution in [-0.4, -0.2) is 31.2 Å². The second-order valence-electron chi connectivity index (χ2n) is 5.82. The molecule has 1 aliphatic rings. The van der Waals surface area contributed by atoms with Crippen LogP contribution in [0.4, 0.5) is 14.5 Å². The smallest absolute Gasteiger partial charge is 0.311 e. The van der Waals surface area contributed by atoms with Crippen LogP contribution in [0.3, 0.4) is 0 Å². The SMILES string of the molecule is COC(=O)[C@H]1CN(c2ccc(C#N)nc2)C[C@@H]1c1ccc(F)cc1F. The molecule has 0 unspecified atom stereocenters. The number of carbonyl (C=O) groups excluding carboxylic acids is 1. The van der Waals surface area contributed by atoms with E-state index >= 15 is 0 Å². The van der Waals surface area contributed by atoms with Crippen LogP contribution in [0.15, 0.2) is 36.5 Å². The number of methoxy groups -OCH3 is 1. The van der Waals surface area contributed by atoms with Crippen LogP contribution in [0.2, 0.25) is 0 Å². The van der Waals surface area contributed by atoms with Crippen molar-refractivity contribution in [1.29, 1.82) is 5.26 Å². The number of hydrogen-bond acceptors (Lipinski definition) is 5. The number of ether oxygens (including phenoxy) is 1. The highest BCUT2D eigenvalue weighted by molar-refractivity contribution is 5.76. The molecule has 3 rings (SSSR count). The van der Waals surface area contributed by atoms with E-state index in [1.54, 1.807) is 12.1 Å². The number of aromatic nitrogens is 1. The van der Waals surface area contributed by atoms with Crippen LogP contribution >= 0.6 is 0 Å². The molecule has 1 aromatic carbocycles. The number of rotatable bonds is 3. The summed E-state index contributed by atoms with van der Waals surface area (Å²) in [6.07, 6.45) is 1.54. The predicted octanol–water partition coefficient (Wildman–Crippen LogP) is 2.62. The average Bonchev–Trinajstić information content (AvgIpc) is 3.06. The Bertz CT molecular complexity index is 833. The van der Waals surface area contributed by atoms with Crippen molar-refractivity contribution in [2.24, 2.45) is 5.92 Å². The Morgan fingerprint density at radius 2 is 2.12 bits per heavy atom. The van der Waals surface area contributed by atoms with E-state index in [4.69, 9.17) is 10.00 Å². The summed E-state index contributed by atoms with van der Waals surface area (Å²) in [5.41, 5.74) is 1.28. The number of nitrogens with zero attached hydrogens (tertiary/aromatic N) is 3. The third-order valence-electron chi connectivity index (χ3n) is 4.41. The molecule has 1 fully saturated rings. The summed E-state index contributed by atoms with van der Waals surface area (Å²) in [6, 6.07) is 8.60. The molecule has 25 heavy (non-hydrogen) atoms. The van der Waals surface area contributed by atoms with Gasteiger partial charge in [-0.05, 0) is 23.8 Å².